The lowest BCUT2D eigenvalue weighted by atomic mass is 10.00. The zero-order valence-electron chi connectivity index (χ0n) is 13.0. The molecule has 1 unspecified atom stereocenters. The number of benzene rings is 1. The number of unbranched alkanes of at least 4 members (excludes halogenated alkanes) is 2. The van der Waals surface area contributed by atoms with Crippen LogP contribution in [0.5, 0.6) is 11.5 Å². The zero-order chi connectivity index (χ0) is 15.0. The fraction of sp³-hybridized carbons (Fsp3) is 0.625. The molecule has 0 bridgehead atoms. The molecular formula is C16H26ClNO2. The largest absolute Gasteiger partial charge is 0.493 e. The fourth-order valence-electron chi connectivity index (χ4n) is 2.37. The van der Waals surface area contributed by atoms with Gasteiger partial charge in [0.15, 0.2) is 11.5 Å². The van der Waals surface area contributed by atoms with Gasteiger partial charge in [0.05, 0.1) is 19.2 Å². The molecule has 1 N–H and O–H groups in total. The van der Waals surface area contributed by atoms with E-state index in [1.165, 1.54) is 19.3 Å². The van der Waals surface area contributed by atoms with Crippen molar-refractivity contribution < 1.29 is 9.47 Å². The Bertz CT molecular complexity index is 410. The van der Waals surface area contributed by atoms with Gasteiger partial charge in [-0.2, -0.15) is 0 Å². The molecule has 0 fully saturated rings. The minimum absolute atomic E-state index is 0.309. The number of rotatable bonds is 9. The first-order valence-corrected chi connectivity index (χ1v) is 7.70. The van der Waals surface area contributed by atoms with Crippen LogP contribution < -0.4 is 14.8 Å². The molecule has 0 amide bonds. The van der Waals surface area contributed by atoms with Gasteiger partial charge in [0.1, 0.15) is 0 Å². The van der Waals surface area contributed by atoms with Crippen molar-refractivity contribution in [1.29, 1.82) is 0 Å². The van der Waals surface area contributed by atoms with Crippen molar-refractivity contribution in [2.75, 3.05) is 20.8 Å². The van der Waals surface area contributed by atoms with Crippen LogP contribution in [0.4, 0.5) is 0 Å². The van der Waals surface area contributed by atoms with Gasteiger partial charge < -0.3 is 14.8 Å². The molecule has 1 aromatic rings. The summed E-state index contributed by atoms with van der Waals surface area (Å²) in [7, 11) is 3.24. The van der Waals surface area contributed by atoms with Crippen LogP contribution in [0.2, 0.25) is 5.02 Å². The predicted octanol–water partition coefficient (Wildman–Crippen LogP) is 4.59. The molecule has 1 aromatic carbocycles. The second-order valence-corrected chi connectivity index (χ2v) is 5.25. The Kier molecular flexibility index (Phi) is 7.78. The summed E-state index contributed by atoms with van der Waals surface area (Å²) in [6.07, 6.45) is 4.79. The highest BCUT2D eigenvalue weighted by molar-refractivity contribution is 6.32. The summed E-state index contributed by atoms with van der Waals surface area (Å²) in [6.45, 7) is 5.27. The molecule has 0 saturated carbocycles. The van der Waals surface area contributed by atoms with Crippen LogP contribution in [0.15, 0.2) is 12.1 Å². The summed E-state index contributed by atoms with van der Waals surface area (Å²) in [5.74, 6) is 1.29. The third-order valence-electron chi connectivity index (χ3n) is 3.41. The monoisotopic (exact) mass is 299 g/mol. The van der Waals surface area contributed by atoms with Crippen molar-refractivity contribution >= 4 is 11.6 Å². The first kappa shape index (κ1) is 17.1. The molecule has 1 rings (SSSR count). The number of hydrogen-bond donors (Lipinski definition) is 1. The number of methoxy groups -OCH3 is 2. The maximum atomic E-state index is 6.29. The van der Waals surface area contributed by atoms with Crippen LogP contribution in [0, 0.1) is 0 Å². The van der Waals surface area contributed by atoms with Gasteiger partial charge in [0.2, 0.25) is 0 Å². The minimum Gasteiger partial charge on any atom is -0.493 e. The second kappa shape index (κ2) is 9.09. The molecule has 0 aliphatic rings. The Labute approximate surface area is 127 Å². The van der Waals surface area contributed by atoms with E-state index in [1.54, 1.807) is 14.2 Å². The van der Waals surface area contributed by atoms with E-state index >= 15 is 0 Å². The van der Waals surface area contributed by atoms with Gasteiger partial charge >= 0.3 is 0 Å². The van der Waals surface area contributed by atoms with E-state index < -0.39 is 0 Å². The molecule has 3 nitrogen and oxygen atoms in total. The number of halogens is 1. The predicted molar refractivity (Wildman–Crippen MR) is 85.1 cm³/mol. The summed E-state index contributed by atoms with van der Waals surface area (Å²) in [5.41, 5.74) is 1.16. The van der Waals surface area contributed by atoms with E-state index in [-0.39, 0.29) is 0 Å². The van der Waals surface area contributed by atoms with Gasteiger partial charge in [-0.3, -0.25) is 0 Å². The van der Waals surface area contributed by atoms with E-state index in [1.807, 2.05) is 12.1 Å². The zero-order valence-corrected chi connectivity index (χ0v) is 13.7. The third-order valence-corrected chi connectivity index (χ3v) is 3.69. The van der Waals surface area contributed by atoms with Crippen LogP contribution in [0.3, 0.4) is 0 Å². The molecule has 0 aromatic heterocycles. The SMILES string of the molecule is CCCCCC(NCC)c1cc(Cl)c(OC)c(OC)c1. The summed E-state index contributed by atoms with van der Waals surface area (Å²) in [6, 6.07) is 4.30. The van der Waals surface area contributed by atoms with E-state index in [9.17, 15) is 0 Å². The number of hydrogen-bond acceptors (Lipinski definition) is 3. The van der Waals surface area contributed by atoms with Gasteiger partial charge in [-0.15, -0.1) is 0 Å². The molecule has 0 saturated heterocycles. The number of nitrogens with one attached hydrogen (secondary N) is 1. The van der Waals surface area contributed by atoms with E-state index in [0.29, 0.717) is 22.6 Å². The van der Waals surface area contributed by atoms with Gasteiger partial charge in [-0.25, -0.2) is 0 Å². The fourth-order valence-corrected chi connectivity index (χ4v) is 2.67. The second-order valence-electron chi connectivity index (χ2n) is 4.84. The van der Waals surface area contributed by atoms with Crippen molar-refractivity contribution in [1.82, 2.24) is 5.32 Å². The average molecular weight is 300 g/mol. The Balaban J connectivity index is 2.97. The molecule has 114 valence electrons. The normalized spacial score (nSPS) is 12.2. The lowest BCUT2D eigenvalue weighted by Gasteiger charge is -2.20. The molecule has 0 aliphatic carbocycles. The Morgan fingerprint density at radius 3 is 2.45 bits per heavy atom. The smallest absolute Gasteiger partial charge is 0.179 e. The Hall–Kier alpha value is -0.930. The third kappa shape index (κ3) is 4.57. The van der Waals surface area contributed by atoms with Crippen LogP contribution in [-0.4, -0.2) is 20.8 Å². The quantitative estimate of drug-likeness (QED) is 0.677. The van der Waals surface area contributed by atoms with E-state index in [2.05, 4.69) is 19.2 Å². The molecule has 4 heteroatoms. The minimum atomic E-state index is 0.309. The van der Waals surface area contributed by atoms with E-state index in [4.69, 9.17) is 21.1 Å². The summed E-state index contributed by atoms with van der Waals surface area (Å²) in [5, 5.41) is 4.12. The first-order chi connectivity index (χ1) is 9.67. The first-order valence-electron chi connectivity index (χ1n) is 7.32. The van der Waals surface area contributed by atoms with Crippen molar-refractivity contribution in [3.8, 4) is 11.5 Å². The highest BCUT2D eigenvalue weighted by atomic mass is 35.5. The lowest BCUT2D eigenvalue weighted by Crippen LogP contribution is -2.21. The van der Waals surface area contributed by atoms with Gasteiger partial charge in [-0.1, -0.05) is 44.7 Å². The van der Waals surface area contributed by atoms with Gasteiger partial charge in [-0.05, 0) is 30.7 Å². The van der Waals surface area contributed by atoms with E-state index in [0.717, 1.165) is 18.5 Å². The van der Waals surface area contributed by atoms with Gasteiger partial charge in [0.25, 0.3) is 0 Å². The Morgan fingerprint density at radius 1 is 1.15 bits per heavy atom. The molecule has 0 spiro atoms. The van der Waals surface area contributed by atoms with Crippen LogP contribution in [0.25, 0.3) is 0 Å². The molecule has 0 heterocycles. The maximum absolute atomic E-state index is 6.29. The molecule has 0 aliphatic heterocycles. The molecule has 1 atom stereocenters. The summed E-state index contributed by atoms with van der Waals surface area (Å²) < 4.78 is 10.7. The highest BCUT2D eigenvalue weighted by Crippen LogP contribution is 2.38. The van der Waals surface area contributed by atoms with Gasteiger partial charge in [0, 0.05) is 6.04 Å². The topological polar surface area (TPSA) is 30.5 Å². The summed E-state index contributed by atoms with van der Waals surface area (Å²) in [4.78, 5) is 0. The Morgan fingerprint density at radius 2 is 1.90 bits per heavy atom. The molecule has 0 radical (unpaired) electrons. The van der Waals surface area contributed by atoms with Crippen molar-refractivity contribution in [3.63, 3.8) is 0 Å². The van der Waals surface area contributed by atoms with Crippen molar-refractivity contribution in [2.45, 2.75) is 45.6 Å². The molecule has 20 heavy (non-hydrogen) atoms. The van der Waals surface area contributed by atoms with Crippen LogP contribution in [0.1, 0.15) is 51.1 Å². The van der Waals surface area contributed by atoms with Crippen molar-refractivity contribution in [2.24, 2.45) is 0 Å². The lowest BCUT2D eigenvalue weighted by molar-refractivity contribution is 0.353. The highest BCUT2D eigenvalue weighted by Gasteiger charge is 2.16. The standard InChI is InChI=1S/C16H26ClNO2/c1-5-7-8-9-14(18-6-2)12-10-13(17)16(20-4)15(11-12)19-3/h10-11,14,18H,5-9H2,1-4H3. The maximum Gasteiger partial charge on any atom is 0.179 e. The summed E-state index contributed by atoms with van der Waals surface area (Å²) >= 11 is 6.29. The van der Waals surface area contributed by atoms with Crippen molar-refractivity contribution in [3.05, 3.63) is 22.7 Å². The number of ether oxygens (including phenoxy) is 2. The van der Waals surface area contributed by atoms with Crippen LogP contribution >= 0.6 is 11.6 Å². The molecular weight excluding hydrogens is 274 g/mol. The average Bonchev–Trinajstić information content (AvgIpc) is 2.45. The van der Waals surface area contributed by atoms with Crippen LogP contribution in [-0.2, 0) is 0 Å².